The van der Waals surface area contributed by atoms with Gasteiger partial charge in [0.1, 0.15) is 5.75 Å². The van der Waals surface area contributed by atoms with Crippen molar-refractivity contribution in [3.63, 3.8) is 0 Å². The van der Waals surface area contributed by atoms with Crippen LogP contribution in [0.2, 0.25) is 0 Å². The molecule has 3 aromatic carbocycles. The number of hydrogen-bond donors (Lipinski definition) is 1. The molecular formula is C19H14O4. The van der Waals surface area contributed by atoms with Gasteiger partial charge >= 0.3 is 11.9 Å². The summed E-state index contributed by atoms with van der Waals surface area (Å²) in [5, 5.41) is 11.3. The van der Waals surface area contributed by atoms with Crippen LogP contribution in [0.5, 0.6) is 5.75 Å². The fourth-order valence-corrected chi connectivity index (χ4v) is 2.62. The van der Waals surface area contributed by atoms with Crippen LogP contribution in [0.4, 0.5) is 0 Å². The molecule has 4 heteroatoms. The third-order valence-corrected chi connectivity index (χ3v) is 3.56. The molecule has 0 aliphatic carbocycles. The van der Waals surface area contributed by atoms with Crippen molar-refractivity contribution >= 4 is 22.7 Å². The predicted octanol–water partition coefficient (Wildman–Crippen LogP) is 4.13. The van der Waals surface area contributed by atoms with Gasteiger partial charge in [0.2, 0.25) is 0 Å². The minimum absolute atomic E-state index is 0.240. The van der Waals surface area contributed by atoms with Crippen LogP contribution in [-0.2, 0) is 4.79 Å². The van der Waals surface area contributed by atoms with Crippen molar-refractivity contribution in [2.24, 2.45) is 0 Å². The second-order valence-electron chi connectivity index (χ2n) is 5.13. The average Bonchev–Trinajstić information content (AvgIpc) is 2.54. The van der Waals surface area contributed by atoms with Crippen LogP contribution in [0.1, 0.15) is 17.3 Å². The molecule has 0 heterocycles. The predicted molar refractivity (Wildman–Crippen MR) is 87.7 cm³/mol. The van der Waals surface area contributed by atoms with Crippen molar-refractivity contribution < 1.29 is 19.4 Å². The molecule has 3 rings (SSSR count). The number of ether oxygens (including phenoxy) is 1. The monoisotopic (exact) mass is 306 g/mol. The fraction of sp³-hybridized carbons (Fsp3) is 0.0526. The highest BCUT2D eigenvalue weighted by molar-refractivity contribution is 6.07. The Balaban J connectivity index is 2.19. The summed E-state index contributed by atoms with van der Waals surface area (Å²) in [6.07, 6.45) is 0. The van der Waals surface area contributed by atoms with Gasteiger partial charge in [-0.25, -0.2) is 4.79 Å². The largest absolute Gasteiger partial charge is 0.478 e. The zero-order valence-corrected chi connectivity index (χ0v) is 12.4. The van der Waals surface area contributed by atoms with Crippen molar-refractivity contribution in [1.29, 1.82) is 0 Å². The molecule has 3 aromatic rings. The smallest absolute Gasteiger partial charge is 0.336 e. The average molecular weight is 306 g/mol. The molecular weight excluding hydrogens is 292 g/mol. The summed E-state index contributed by atoms with van der Waals surface area (Å²) in [5.41, 5.74) is 1.66. The van der Waals surface area contributed by atoms with E-state index in [-0.39, 0.29) is 5.56 Å². The summed E-state index contributed by atoms with van der Waals surface area (Å²) >= 11 is 0. The molecule has 1 N–H and O–H groups in total. The Morgan fingerprint density at radius 2 is 1.61 bits per heavy atom. The Morgan fingerprint density at radius 1 is 0.913 bits per heavy atom. The van der Waals surface area contributed by atoms with E-state index >= 15 is 0 Å². The van der Waals surface area contributed by atoms with E-state index in [1.807, 2.05) is 24.3 Å². The third-order valence-electron chi connectivity index (χ3n) is 3.56. The molecule has 23 heavy (non-hydrogen) atoms. The van der Waals surface area contributed by atoms with Gasteiger partial charge in [-0.1, -0.05) is 42.5 Å². The van der Waals surface area contributed by atoms with E-state index in [9.17, 15) is 14.7 Å². The molecule has 0 radical (unpaired) electrons. The molecule has 0 aliphatic rings. The number of hydrogen-bond acceptors (Lipinski definition) is 3. The lowest BCUT2D eigenvalue weighted by Crippen LogP contribution is -2.02. The van der Waals surface area contributed by atoms with Crippen LogP contribution in [0.25, 0.3) is 21.9 Å². The molecule has 0 saturated heterocycles. The van der Waals surface area contributed by atoms with E-state index in [0.717, 1.165) is 16.3 Å². The minimum Gasteiger partial charge on any atom is -0.478 e. The number of benzene rings is 3. The topological polar surface area (TPSA) is 63.6 Å². The van der Waals surface area contributed by atoms with Gasteiger partial charge in [-0.15, -0.1) is 0 Å². The lowest BCUT2D eigenvalue weighted by molar-refractivity contribution is -0.131. The summed E-state index contributed by atoms with van der Waals surface area (Å²) in [7, 11) is 0. The highest BCUT2D eigenvalue weighted by Gasteiger charge is 2.15. The van der Waals surface area contributed by atoms with E-state index in [1.54, 1.807) is 36.4 Å². The number of rotatable bonds is 3. The van der Waals surface area contributed by atoms with Crippen molar-refractivity contribution in [3.05, 3.63) is 66.2 Å². The Kier molecular flexibility index (Phi) is 3.81. The van der Waals surface area contributed by atoms with Gasteiger partial charge in [-0.05, 0) is 34.5 Å². The van der Waals surface area contributed by atoms with Crippen molar-refractivity contribution in [2.45, 2.75) is 6.92 Å². The standard InChI is InChI=1S/C19H14O4/c1-12(20)23-15-9-6-14(7-10-15)18-16-5-3-2-4-13(16)8-11-17(18)19(21)22/h2-11H,1H3,(H,21,22). The van der Waals surface area contributed by atoms with Crippen LogP contribution >= 0.6 is 0 Å². The molecule has 0 atom stereocenters. The molecule has 0 unspecified atom stereocenters. The minimum atomic E-state index is -0.977. The lowest BCUT2D eigenvalue weighted by Gasteiger charge is -2.11. The Morgan fingerprint density at radius 3 is 2.26 bits per heavy atom. The highest BCUT2D eigenvalue weighted by atomic mass is 16.5. The number of aromatic carboxylic acids is 1. The number of carbonyl (C=O) groups is 2. The molecule has 4 nitrogen and oxygen atoms in total. The number of carboxylic acid groups (broad SMARTS) is 1. The summed E-state index contributed by atoms with van der Waals surface area (Å²) < 4.78 is 5.02. The van der Waals surface area contributed by atoms with Gasteiger partial charge in [0.25, 0.3) is 0 Å². The first-order chi connectivity index (χ1) is 11.1. The number of fused-ring (bicyclic) bond motifs is 1. The molecule has 0 aromatic heterocycles. The van der Waals surface area contributed by atoms with E-state index in [2.05, 4.69) is 0 Å². The van der Waals surface area contributed by atoms with E-state index in [1.165, 1.54) is 6.92 Å². The van der Waals surface area contributed by atoms with Gasteiger partial charge in [-0.3, -0.25) is 4.79 Å². The van der Waals surface area contributed by atoms with Crippen molar-refractivity contribution in [1.82, 2.24) is 0 Å². The summed E-state index contributed by atoms with van der Waals surface area (Å²) in [6, 6.07) is 17.9. The van der Waals surface area contributed by atoms with Crippen LogP contribution in [0.3, 0.4) is 0 Å². The van der Waals surface area contributed by atoms with Gasteiger partial charge in [0.05, 0.1) is 5.56 Å². The van der Waals surface area contributed by atoms with E-state index in [4.69, 9.17) is 4.74 Å². The number of carboxylic acids is 1. The normalized spacial score (nSPS) is 10.5. The zero-order valence-electron chi connectivity index (χ0n) is 12.4. The van der Waals surface area contributed by atoms with Crippen LogP contribution in [0.15, 0.2) is 60.7 Å². The quantitative estimate of drug-likeness (QED) is 0.583. The molecule has 0 saturated carbocycles. The lowest BCUT2D eigenvalue weighted by atomic mass is 9.93. The second kappa shape index (κ2) is 5.93. The Bertz CT molecular complexity index is 895. The second-order valence-corrected chi connectivity index (χ2v) is 5.13. The van der Waals surface area contributed by atoms with Crippen LogP contribution < -0.4 is 4.74 Å². The van der Waals surface area contributed by atoms with Gasteiger partial charge < -0.3 is 9.84 Å². The Labute approximate surface area is 132 Å². The molecule has 114 valence electrons. The molecule has 0 bridgehead atoms. The summed E-state index contributed by atoms with van der Waals surface area (Å²) in [6.45, 7) is 1.33. The van der Waals surface area contributed by atoms with Crippen molar-refractivity contribution in [2.75, 3.05) is 0 Å². The molecule has 0 aliphatic heterocycles. The number of esters is 1. The first kappa shape index (κ1) is 14.8. The van der Waals surface area contributed by atoms with Gasteiger partial charge in [-0.2, -0.15) is 0 Å². The van der Waals surface area contributed by atoms with E-state index < -0.39 is 11.9 Å². The zero-order chi connectivity index (χ0) is 16.4. The van der Waals surface area contributed by atoms with E-state index in [0.29, 0.717) is 11.3 Å². The Hall–Kier alpha value is -3.14. The maximum Gasteiger partial charge on any atom is 0.336 e. The first-order valence-corrected chi connectivity index (χ1v) is 7.10. The highest BCUT2D eigenvalue weighted by Crippen LogP contribution is 2.33. The molecule has 0 fully saturated rings. The van der Waals surface area contributed by atoms with Gasteiger partial charge in [0.15, 0.2) is 0 Å². The van der Waals surface area contributed by atoms with Crippen LogP contribution in [0, 0.1) is 0 Å². The molecule has 0 spiro atoms. The summed E-state index contributed by atoms with van der Waals surface area (Å²) in [5.74, 6) is -0.942. The van der Waals surface area contributed by atoms with Crippen LogP contribution in [-0.4, -0.2) is 17.0 Å². The third kappa shape index (κ3) is 2.92. The maximum atomic E-state index is 11.6. The summed E-state index contributed by atoms with van der Waals surface area (Å²) in [4.78, 5) is 22.6. The molecule has 0 amide bonds. The number of carbonyl (C=O) groups excluding carboxylic acids is 1. The fourth-order valence-electron chi connectivity index (χ4n) is 2.62. The first-order valence-electron chi connectivity index (χ1n) is 7.10. The van der Waals surface area contributed by atoms with Gasteiger partial charge in [0, 0.05) is 12.5 Å². The van der Waals surface area contributed by atoms with Crippen molar-refractivity contribution in [3.8, 4) is 16.9 Å². The maximum absolute atomic E-state index is 11.6. The SMILES string of the molecule is CC(=O)Oc1ccc(-c2c(C(=O)O)ccc3ccccc23)cc1.